The standard InChI is InChI=1S/C16H24N2OS2/c1-2-3-14-16(19)18(10-12-4-7-20-8-5-12)15(17-14)13-6-9-21-11-13/h6,9,11-12,14-15,17H,2-5,7-8,10H2,1H3. The van der Waals surface area contributed by atoms with E-state index in [1.54, 1.807) is 11.3 Å². The second-order valence-corrected chi connectivity index (χ2v) is 8.02. The van der Waals surface area contributed by atoms with Crippen LogP contribution in [0.3, 0.4) is 0 Å². The number of nitrogens with one attached hydrogen (secondary N) is 1. The molecular formula is C16H24N2OS2. The fourth-order valence-electron chi connectivity index (χ4n) is 3.28. The van der Waals surface area contributed by atoms with Crippen molar-refractivity contribution in [1.82, 2.24) is 10.2 Å². The van der Waals surface area contributed by atoms with Crippen molar-refractivity contribution in [1.29, 1.82) is 0 Å². The lowest BCUT2D eigenvalue weighted by molar-refractivity contribution is -0.130. The molecule has 3 rings (SSSR count). The van der Waals surface area contributed by atoms with Gasteiger partial charge in [0.2, 0.25) is 5.91 Å². The van der Waals surface area contributed by atoms with E-state index in [1.807, 2.05) is 11.8 Å². The summed E-state index contributed by atoms with van der Waals surface area (Å²) in [7, 11) is 0. The van der Waals surface area contributed by atoms with Crippen molar-refractivity contribution in [2.75, 3.05) is 18.1 Å². The van der Waals surface area contributed by atoms with Gasteiger partial charge in [-0.25, -0.2) is 0 Å². The maximum atomic E-state index is 12.7. The van der Waals surface area contributed by atoms with E-state index in [1.165, 1.54) is 29.9 Å². The van der Waals surface area contributed by atoms with E-state index in [2.05, 4.69) is 34.0 Å². The molecule has 2 atom stereocenters. The number of rotatable bonds is 5. The van der Waals surface area contributed by atoms with Gasteiger partial charge >= 0.3 is 0 Å². The normalized spacial score (nSPS) is 27.5. The SMILES string of the molecule is CCCC1NC(c2ccsc2)N(CC2CCSCC2)C1=O. The molecule has 1 aromatic heterocycles. The van der Waals surface area contributed by atoms with E-state index < -0.39 is 0 Å². The molecule has 0 spiro atoms. The van der Waals surface area contributed by atoms with Crippen molar-refractivity contribution in [3.8, 4) is 0 Å². The lowest BCUT2D eigenvalue weighted by Crippen LogP contribution is -2.36. The van der Waals surface area contributed by atoms with Gasteiger partial charge in [0.15, 0.2) is 0 Å². The maximum Gasteiger partial charge on any atom is 0.241 e. The van der Waals surface area contributed by atoms with Crippen LogP contribution >= 0.6 is 23.1 Å². The summed E-state index contributed by atoms with van der Waals surface area (Å²) in [5.41, 5.74) is 1.25. The van der Waals surface area contributed by atoms with Gasteiger partial charge in [0.05, 0.1) is 6.04 Å². The van der Waals surface area contributed by atoms with Crippen molar-refractivity contribution in [3.63, 3.8) is 0 Å². The zero-order chi connectivity index (χ0) is 14.7. The minimum absolute atomic E-state index is 0.0119. The van der Waals surface area contributed by atoms with Crippen molar-refractivity contribution in [3.05, 3.63) is 22.4 Å². The van der Waals surface area contributed by atoms with Crippen molar-refractivity contribution in [2.24, 2.45) is 5.92 Å². The second kappa shape index (κ2) is 7.16. The molecular weight excluding hydrogens is 300 g/mol. The number of thioether (sulfide) groups is 1. The maximum absolute atomic E-state index is 12.7. The number of hydrogen-bond donors (Lipinski definition) is 1. The molecule has 1 aromatic rings. The zero-order valence-corrected chi connectivity index (χ0v) is 14.2. The molecule has 2 saturated heterocycles. The van der Waals surface area contributed by atoms with E-state index in [0.29, 0.717) is 11.8 Å². The summed E-state index contributed by atoms with van der Waals surface area (Å²) in [6.07, 6.45) is 4.59. The molecule has 3 nitrogen and oxygen atoms in total. The summed E-state index contributed by atoms with van der Waals surface area (Å²) in [5.74, 6) is 3.49. The first kappa shape index (κ1) is 15.4. The summed E-state index contributed by atoms with van der Waals surface area (Å²) >= 11 is 3.76. The van der Waals surface area contributed by atoms with Crippen LogP contribution in [0.2, 0.25) is 0 Å². The number of carbonyl (C=O) groups is 1. The van der Waals surface area contributed by atoms with Crippen LogP contribution in [0.5, 0.6) is 0 Å². The van der Waals surface area contributed by atoms with Gasteiger partial charge in [-0.2, -0.15) is 23.1 Å². The number of hydrogen-bond acceptors (Lipinski definition) is 4. The van der Waals surface area contributed by atoms with Gasteiger partial charge in [-0.15, -0.1) is 0 Å². The molecule has 3 heterocycles. The predicted octanol–water partition coefficient (Wildman–Crippen LogP) is 3.49. The molecule has 0 radical (unpaired) electrons. The summed E-state index contributed by atoms with van der Waals surface area (Å²) < 4.78 is 0. The van der Waals surface area contributed by atoms with Crippen molar-refractivity contribution < 1.29 is 4.79 Å². The molecule has 2 fully saturated rings. The van der Waals surface area contributed by atoms with Gasteiger partial charge in [-0.05, 0) is 59.1 Å². The highest BCUT2D eigenvalue weighted by Gasteiger charge is 2.40. The molecule has 2 aliphatic rings. The van der Waals surface area contributed by atoms with Gasteiger partial charge in [-0.1, -0.05) is 13.3 Å². The fraction of sp³-hybridized carbons (Fsp3) is 0.688. The average molecular weight is 325 g/mol. The number of nitrogens with zero attached hydrogens (tertiary/aromatic N) is 1. The summed E-state index contributed by atoms with van der Waals surface area (Å²) in [6, 6.07) is 2.16. The van der Waals surface area contributed by atoms with Gasteiger partial charge in [-0.3, -0.25) is 10.1 Å². The topological polar surface area (TPSA) is 32.3 Å². The van der Waals surface area contributed by atoms with Crippen LogP contribution in [-0.4, -0.2) is 34.9 Å². The minimum Gasteiger partial charge on any atom is -0.321 e. The Hall–Kier alpha value is -0.520. The Kier molecular flexibility index (Phi) is 5.24. The van der Waals surface area contributed by atoms with E-state index in [9.17, 15) is 4.79 Å². The molecule has 5 heteroatoms. The van der Waals surface area contributed by atoms with Gasteiger partial charge < -0.3 is 4.90 Å². The Bertz CT molecular complexity index is 457. The van der Waals surface area contributed by atoms with Gasteiger partial charge in [0.1, 0.15) is 6.17 Å². The number of thiophene rings is 1. The Morgan fingerprint density at radius 3 is 2.86 bits per heavy atom. The van der Waals surface area contributed by atoms with E-state index >= 15 is 0 Å². The molecule has 1 N–H and O–H groups in total. The van der Waals surface area contributed by atoms with Gasteiger partial charge in [0.25, 0.3) is 0 Å². The summed E-state index contributed by atoms with van der Waals surface area (Å²) in [4.78, 5) is 14.9. The third-order valence-electron chi connectivity index (χ3n) is 4.48. The first-order valence-corrected chi connectivity index (χ1v) is 10.1. The largest absolute Gasteiger partial charge is 0.321 e. The first-order chi connectivity index (χ1) is 10.3. The third kappa shape index (κ3) is 3.46. The molecule has 0 aliphatic carbocycles. The fourth-order valence-corrected chi connectivity index (χ4v) is 5.17. The molecule has 1 amide bonds. The highest BCUT2D eigenvalue weighted by molar-refractivity contribution is 7.99. The lowest BCUT2D eigenvalue weighted by Gasteiger charge is -2.30. The van der Waals surface area contributed by atoms with Crippen LogP contribution in [0.25, 0.3) is 0 Å². The molecule has 0 bridgehead atoms. The molecule has 2 unspecified atom stereocenters. The van der Waals surface area contributed by atoms with Crippen LogP contribution in [0.15, 0.2) is 16.8 Å². The van der Waals surface area contributed by atoms with Crippen molar-refractivity contribution in [2.45, 2.75) is 44.8 Å². The van der Waals surface area contributed by atoms with Gasteiger partial charge in [0, 0.05) is 6.54 Å². The molecule has 21 heavy (non-hydrogen) atoms. The second-order valence-electron chi connectivity index (χ2n) is 6.01. The molecule has 0 saturated carbocycles. The quantitative estimate of drug-likeness (QED) is 0.900. The van der Waals surface area contributed by atoms with E-state index in [0.717, 1.165) is 19.4 Å². The van der Waals surface area contributed by atoms with Crippen LogP contribution in [0.4, 0.5) is 0 Å². The highest BCUT2D eigenvalue weighted by atomic mass is 32.2. The number of carbonyl (C=O) groups excluding carboxylic acids is 1. The van der Waals surface area contributed by atoms with Crippen LogP contribution < -0.4 is 5.32 Å². The predicted molar refractivity (Wildman–Crippen MR) is 90.7 cm³/mol. The smallest absolute Gasteiger partial charge is 0.241 e. The van der Waals surface area contributed by atoms with E-state index in [4.69, 9.17) is 0 Å². The van der Waals surface area contributed by atoms with Crippen LogP contribution in [-0.2, 0) is 4.79 Å². The Balaban J connectivity index is 1.74. The van der Waals surface area contributed by atoms with E-state index in [-0.39, 0.29) is 12.2 Å². The Labute approximate surface area is 135 Å². The summed E-state index contributed by atoms with van der Waals surface area (Å²) in [5, 5.41) is 7.83. The van der Waals surface area contributed by atoms with Crippen LogP contribution in [0.1, 0.15) is 44.3 Å². The third-order valence-corrected chi connectivity index (χ3v) is 6.23. The summed E-state index contributed by atoms with van der Waals surface area (Å²) in [6.45, 7) is 3.07. The number of amides is 1. The lowest BCUT2D eigenvalue weighted by atomic mass is 10.0. The zero-order valence-electron chi connectivity index (χ0n) is 12.6. The molecule has 116 valence electrons. The molecule has 2 aliphatic heterocycles. The highest BCUT2D eigenvalue weighted by Crippen LogP contribution is 2.32. The minimum atomic E-state index is 0.0119. The first-order valence-electron chi connectivity index (χ1n) is 7.96. The Morgan fingerprint density at radius 1 is 1.38 bits per heavy atom. The average Bonchev–Trinajstić information content (AvgIpc) is 3.12. The van der Waals surface area contributed by atoms with Crippen LogP contribution in [0, 0.1) is 5.92 Å². The Morgan fingerprint density at radius 2 is 2.19 bits per heavy atom. The monoisotopic (exact) mass is 324 g/mol. The molecule has 0 aromatic carbocycles. The van der Waals surface area contributed by atoms with Crippen molar-refractivity contribution >= 4 is 29.0 Å².